The van der Waals surface area contributed by atoms with Crippen LogP contribution in [0.4, 0.5) is 0 Å². The van der Waals surface area contributed by atoms with E-state index in [2.05, 4.69) is 12.2 Å². The van der Waals surface area contributed by atoms with Crippen LogP contribution in [-0.2, 0) is 4.79 Å². The van der Waals surface area contributed by atoms with Gasteiger partial charge in [0, 0.05) is 24.1 Å². The fourth-order valence-corrected chi connectivity index (χ4v) is 1.85. The van der Waals surface area contributed by atoms with Crippen LogP contribution in [0.25, 0.3) is 0 Å². The summed E-state index contributed by atoms with van der Waals surface area (Å²) < 4.78 is 0. The number of thioether (sulfide) groups is 1. The number of carbonyl (C=O) groups excluding carboxylic acids is 1. The van der Waals surface area contributed by atoms with E-state index in [9.17, 15) is 4.79 Å². The molecular weight excluding hydrogens is 206 g/mol. The average molecular weight is 224 g/mol. The average Bonchev–Trinajstić information content (AvgIpc) is 2.14. The summed E-state index contributed by atoms with van der Waals surface area (Å²) >= 11 is 7.25. The second kappa shape index (κ2) is 8.70. The number of nitrogens with one attached hydrogen (secondary N) is 1. The highest BCUT2D eigenvalue weighted by molar-refractivity contribution is 7.98. The van der Waals surface area contributed by atoms with Crippen LogP contribution in [0, 0.1) is 0 Å². The van der Waals surface area contributed by atoms with E-state index >= 15 is 0 Å². The molecule has 0 aromatic heterocycles. The fourth-order valence-electron chi connectivity index (χ4n) is 0.990. The third kappa shape index (κ3) is 7.20. The summed E-state index contributed by atoms with van der Waals surface area (Å²) in [6.07, 6.45) is 4.36. The van der Waals surface area contributed by atoms with Crippen molar-refractivity contribution in [2.75, 3.05) is 17.9 Å². The first-order chi connectivity index (χ1) is 6.24. The van der Waals surface area contributed by atoms with E-state index in [0.717, 1.165) is 18.6 Å². The number of amides is 1. The Morgan fingerprint density at radius 3 is 2.77 bits per heavy atom. The second-order valence-electron chi connectivity index (χ2n) is 2.92. The molecule has 0 heterocycles. The molecule has 0 aliphatic carbocycles. The zero-order valence-electron chi connectivity index (χ0n) is 8.31. The quantitative estimate of drug-likeness (QED) is 0.671. The fraction of sp³-hybridized carbons (Fsp3) is 0.889. The van der Waals surface area contributed by atoms with Gasteiger partial charge in [-0.25, -0.2) is 0 Å². The van der Waals surface area contributed by atoms with E-state index in [0.29, 0.717) is 18.3 Å². The molecule has 0 bridgehead atoms. The maximum atomic E-state index is 11.3. The lowest BCUT2D eigenvalue weighted by atomic mass is 10.2. The molecular formula is C9H18ClNOS. The SMILES string of the molecule is CCC(CSC)NC(=O)CCCCl. The molecule has 0 aromatic rings. The lowest BCUT2D eigenvalue weighted by Crippen LogP contribution is -2.35. The summed E-state index contributed by atoms with van der Waals surface area (Å²) in [6, 6.07) is 0.317. The van der Waals surface area contributed by atoms with Crippen LogP contribution in [0.1, 0.15) is 26.2 Å². The van der Waals surface area contributed by atoms with Gasteiger partial charge in [-0.1, -0.05) is 6.92 Å². The highest BCUT2D eigenvalue weighted by Gasteiger charge is 2.08. The standard InChI is InChI=1S/C9H18ClNOS/c1-3-8(7-13-2)11-9(12)5-4-6-10/h8H,3-7H2,1-2H3,(H,11,12). The minimum atomic E-state index is 0.126. The summed E-state index contributed by atoms with van der Waals surface area (Å²) in [5, 5.41) is 2.98. The number of rotatable bonds is 7. The van der Waals surface area contributed by atoms with Gasteiger partial charge >= 0.3 is 0 Å². The van der Waals surface area contributed by atoms with Crippen molar-refractivity contribution in [1.82, 2.24) is 5.32 Å². The van der Waals surface area contributed by atoms with Gasteiger partial charge in [-0.05, 0) is 19.1 Å². The van der Waals surface area contributed by atoms with Crippen LogP contribution < -0.4 is 5.32 Å². The predicted octanol–water partition coefficient (Wildman–Crippen LogP) is 2.26. The summed E-state index contributed by atoms with van der Waals surface area (Å²) in [7, 11) is 0. The third-order valence-electron chi connectivity index (χ3n) is 1.76. The first-order valence-electron chi connectivity index (χ1n) is 4.58. The summed E-state index contributed by atoms with van der Waals surface area (Å²) in [6.45, 7) is 2.09. The summed E-state index contributed by atoms with van der Waals surface area (Å²) in [5.74, 6) is 1.68. The lowest BCUT2D eigenvalue weighted by Gasteiger charge is -2.15. The molecule has 0 radical (unpaired) electrons. The van der Waals surface area contributed by atoms with Crippen LogP contribution in [0.5, 0.6) is 0 Å². The Morgan fingerprint density at radius 2 is 2.31 bits per heavy atom. The van der Waals surface area contributed by atoms with E-state index in [1.165, 1.54) is 0 Å². The Bertz CT molecular complexity index is 144. The second-order valence-corrected chi connectivity index (χ2v) is 4.21. The van der Waals surface area contributed by atoms with Gasteiger partial charge in [-0.2, -0.15) is 11.8 Å². The molecule has 78 valence electrons. The van der Waals surface area contributed by atoms with Crippen molar-refractivity contribution in [1.29, 1.82) is 0 Å². The molecule has 0 aromatic carbocycles. The molecule has 0 rings (SSSR count). The highest BCUT2D eigenvalue weighted by atomic mass is 35.5. The molecule has 0 saturated carbocycles. The maximum Gasteiger partial charge on any atom is 0.220 e. The van der Waals surface area contributed by atoms with Gasteiger partial charge in [0.25, 0.3) is 0 Å². The van der Waals surface area contributed by atoms with Crippen LogP contribution in [-0.4, -0.2) is 29.8 Å². The first-order valence-corrected chi connectivity index (χ1v) is 6.51. The molecule has 0 aliphatic heterocycles. The van der Waals surface area contributed by atoms with Crippen LogP contribution in [0.15, 0.2) is 0 Å². The van der Waals surface area contributed by atoms with Crippen LogP contribution >= 0.6 is 23.4 Å². The van der Waals surface area contributed by atoms with Crippen molar-refractivity contribution in [3.63, 3.8) is 0 Å². The molecule has 1 unspecified atom stereocenters. The topological polar surface area (TPSA) is 29.1 Å². The maximum absolute atomic E-state index is 11.3. The molecule has 4 heteroatoms. The van der Waals surface area contributed by atoms with Gasteiger partial charge in [0.1, 0.15) is 0 Å². The minimum absolute atomic E-state index is 0.126. The van der Waals surface area contributed by atoms with Crippen molar-refractivity contribution in [2.24, 2.45) is 0 Å². The molecule has 0 saturated heterocycles. The van der Waals surface area contributed by atoms with Crippen molar-refractivity contribution in [3.05, 3.63) is 0 Å². The molecule has 0 spiro atoms. The van der Waals surface area contributed by atoms with Gasteiger partial charge in [0.2, 0.25) is 5.91 Å². The summed E-state index contributed by atoms with van der Waals surface area (Å²) in [4.78, 5) is 11.3. The zero-order chi connectivity index (χ0) is 10.1. The predicted molar refractivity (Wildman–Crippen MR) is 60.6 cm³/mol. The van der Waals surface area contributed by atoms with Gasteiger partial charge in [-0.15, -0.1) is 11.6 Å². The van der Waals surface area contributed by atoms with Crippen molar-refractivity contribution in [2.45, 2.75) is 32.2 Å². The summed E-state index contributed by atoms with van der Waals surface area (Å²) in [5.41, 5.74) is 0. The largest absolute Gasteiger partial charge is 0.353 e. The monoisotopic (exact) mass is 223 g/mol. The normalized spacial score (nSPS) is 12.5. The van der Waals surface area contributed by atoms with Crippen molar-refractivity contribution < 1.29 is 4.79 Å². The number of hydrogen-bond donors (Lipinski definition) is 1. The van der Waals surface area contributed by atoms with E-state index in [1.807, 2.05) is 6.26 Å². The van der Waals surface area contributed by atoms with Gasteiger partial charge in [0.05, 0.1) is 0 Å². The molecule has 2 nitrogen and oxygen atoms in total. The van der Waals surface area contributed by atoms with Gasteiger partial charge in [-0.3, -0.25) is 4.79 Å². The molecule has 13 heavy (non-hydrogen) atoms. The number of hydrogen-bond acceptors (Lipinski definition) is 2. The molecule has 0 fully saturated rings. The highest BCUT2D eigenvalue weighted by Crippen LogP contribution is 2.02. The van der Waals surface area contributed by atoms with E-state index in [-0.39, 0.29) is 5.91 Å². The van der Waals surface area contributed by atoms with E-state index in [4.69, 9.17) is 11.6 Å². The minimum Gasteiger partial charge on any atom is -0.353 e. The molecule has 0 aliphatic rings. The zero-order valence-corrected chi connectivity index (χ0v) is 9.88. The Morgan fingerprint density at radius 1 is 1.62 bits per heavy atom. The Balaban J connectivity index is 3.60. The third-order valence-corrected chi connectivity index (χ3v) is 2.77. The first kappa shape index (κ1) is 13.1. The van der Waals surface area contributed by atoms with E-state index in [1.54, 1.807) is 11.8 Å². The number of carbonyl (C=O) groups is 1. The Kier molecular flexibility index (Phi) is 8.77. The smallest absolute Gasteiger partial charge is 0.220 e. The van der Waals surface area contributed by atoms with Crippen LogP contribution in [0.3, 0.4) is 0 Å². The van der Waals surface area contributed by atoms with Gasteiger partial charge in [0.15, 0.2) is 0 Å². The van der Waals surface area contributed by atoms with Crippen molar-refractivity contribution >= 4 is 29.3 Å². The molecule has 1 atom stereocenters. The van der Waals surface area contributed by atoms with Gasteiger partial charge < -0.3 is 5.32 Å². The Labute approximate surface area is 89.8 Å². The number of halogens is 1. The van der Waals surface area contributed by atoms with Crippen molar-refractivity contribution in [3.8, 4) is 0 Å². The van der Waals surface area contributed by atoms with E-state index < -0.39 is 0 Å². The number of alkyl halides is 1. The lowest BCUT2D eigenvalue weighted by molar-refractivity contribution is -0.121. The molecule has 1 N–H and O–H groups in total. The molecule has 1 amide bonds. The van der Waals surface area contributed by atoms with Crippen LogP contribution in [0.2, 0.25) is 0 Å². The Hall–Kier alpha value is 0.110.